The largest absolute Gasteiger partial charge is 0.492 e. The van der Waals surface area contributed by atoms with Gasteiger partial charge in [0.05, 0.1) is 16.4 Å². The number of ether oxygens (including phenoxy) is 1. The number of nitrogens with zero attached hydrogens (tertiary/aromatic N) is 1. The van der Waals surface area contributed by atoms with Gasteiger partial charge in [-0.1, -0.05) is 12.1 Å². The van der Waals surface area contributed by atoms with Gasteiger partial charge in [-0.15, -0.1) is 0 Å². The lowest BCUT2D eigenvalue weighted by Gasteiger charge is -2.09. The van der Waals surface area contributed by atoms with Crippen LogP contribution < -0.4 is 10.1 Å². The lowest BCUT2D eigenvalue weighted by molar-refractivity contribution is -0.387. The van der Waals surface area contributed by atoms with E-state index in [1.807, 2.05) is 32.0 Å². The molecule has 0 spiro atoms. The van der Waals surface area contributed by atoms with Crippen molar-refractivity contribution in [2.75, 3.05) is 13.2 Å². The number of thioether (sulfide) groups is 1. The fourth-order valence-corrected chi connectivity index (χ4v) is 2.87. The number of amides is 1. The van der Waals surface area contributed by atoms with E-state index in [0.29, 0.717) is 18.0 Å². The van der Waals surface area contributed by atoms with E-state index in [1.54, 1.807) is 19.1 Å². The highest BCUT2D eigenvalue weighted by atomic mass is 32.2. The van der Waals surface area contributed by atoms with Gasteiger partial charge < -0.3 is 10.1 Å². The molecule has 0 aliphatic carbocycles. The van der Waals surface area contributed by atoms with Crippen LogP contribution in [-0.4, -0.2) is 23.3 Å². The molecule has 6 nitrogen and oxygen atoms in total. The average Bonchev–Trinajstić information content (AvgIpc) is 2.56. The van der Waals surface area contributed by atoms with Gasteiger partial charge in [-0.2, -0.15) is 0 Å². The predicted molar refractivity (Wildman–Crippen MR) is 98.5 cm³/mol. The van der Waals surface area contributed by atoms with Crippen molar-refractivity contribution in [3.8, 4) is 5.75 Å². The van der Waals surface area contributed by atoms with E-state index in [0.717, 1.165) is 28.6 Å². The molecule has 7 heteroatoms. The second kappa shape index (κ2) is 8.53. The van der Waals surface area contributed by atoms with Crippen LogP contribution in [0.1, 0.15) is 16.7 Å². The number of aryl methyl sites for hydroxylation is 3. The first-order chi connectivity index (χ1) is 11.9. The van der Waals surface area contributed by atoms with Crippen LogP contribution in [0.4, 0.5) is 10.5 Å². The third kappa shape index (κ3) is 5.49. The first-order valence-electron chi connectivity index (χ1n) is 7.77. The quantitative estimate of drug-likeness (QED) is 0.357. The maximum absolute atomic E-state index is 12.0. The summed E-state index contributed by atoms with van der Waals surface area (Å²) in [7, 11) is 0. The Kier molecular flexibility index (Phi) is 6.41. The minimum Gasteiger partial charge on any atom is -0.492 e. The zero-order valence-electron chi connectivity index (χ0n) is 14.4. The fraction of sp³-hybridized carbons (Fsp3) is 0.278. The van der Waals surface area contributed by atoms with E-state index in [4.69, 9.17) is 4.74 Å². The second-order valence-electron chi connectivity index (χ2n) is 5.64. The van der Waals surface area contributed by atoms with Crippen LogP contribution in [0.25, 0.3) is 0 Å². The van der Waals surface area contributed by atoms with Crippen LogP contribution in [-0.2, 0) is 0 Å². The van der Waals surface area contributed by atoms with E-state index >= 15 is 0 Å². The van der Waals surface area contributed by atoms with Crippen LogP contribution in [0, 0.1) is 30.9 Å². The summed E-state index contributed by atoms with van der Waals surface area (Å²) >= 11 is 0.811. The van der Waals surface area contributed by atoms with E-state index < -0.39 is 4.92 Å². The Morgan fingerprint density at radius 1 is 1.16 bits per heavy atom. The van der Waals surface area contributed by atoms with E-state index in [9.17, 15) is 14.9 Å². The van der Waals surface area contributed by atoms with E-state index in [1.165, 1.54) is 11.6 Å². The van der Waals surface area contributed by atoms with Crippen molar-refractivity contribution in [3.63, 3.8) is 0 Å². The van der Waals surface area contributed by atoms with Crippen molar-refractivity contribution in [2.24, 2.45) is 0 Å². The molecule has 132 valence electrons. The Balaban J connectivity index is 1.83. The molecular formula is C18H20N2O4S. The number of benzene rings is 2. The number of nitrogens with one attached hydrogen (secondary N) is 1. The zero-order valence-corrected chi connectivity index (χ0v) is 15.2. The van der Waals surface area contributed by atoms with Crippen molar-refractivity contribution in [2.45, 2.75) is 25.7 Å². The molecule has 25 heavy (non-hydrogen) atoms. The van der Waals surface area contributed by atoms with Gasteiger partial charge in [0.15, 0.2) is 0 Å². The van der Waals surface area contributed by atoms with Gasteiger partial charge in [0.1, 0.15) is 12.4 Å². The van der Waals surface area contributed by atoms with Crippen molar-refractivity contribution in [1.82, 2.24) is 5.32 Å². The average molecular weight is 360 g/mol. The molecule has 0 aromatic heterocycles. The van der Waals surface area contributed by atoms with Crippen LogP contribution >= 0.6 is 11.8 Å². The van der Waals surface area contributed by atoms with E-state index in [-0.39, 0.29) is 10.9 Å². The molecule has 0 bridgehead atoms. The standard InChI is InChI=1S/C18H20N2O4S/c1-12-4-7-17(16(10-12)20(22)23)25-18(21)19-8-9-24-15-6-5-13(2)14(3)11-15/h4-7,10-11H,8-9H2,1-3H3,(H,19,21). The summed E-state index contributed by atoms with van der Waals surface area (Å²) in [5.74, 6) is 0.749. The van der Waals surface area contributed by atoms with Gasteiger partial charge in [0.25, 0.3) is 10.9 Å². The summed E-state index contributed by atoms with van der Waals surface area (Å²) in [6.07, 6.45) is 0. The molecule has 0 atom stereocenters. The maximum atomic E-state index is 12.0. The Labute approximate surface area is 150 Å². The van der Waals surface area contributed by atoms with Crippen molar-refractivity contribution in [3.05, 3.63) is 63.2 Å². The van der Waals surface area contributed by atoms with Gasteiger partial charge in [0.2, 0.25) is 0 Å². The lowest BCUT2D eigenvalue weighted by Crippen LogP contribution is -2.24. The Bertz CT molecular complexity index is 793. The maximum Gasteiger partial charge on any atom is 0.284 e. The SMILES string of the molecule is Cc1ccc(SC(=O)NCCOc2ccc(C)c(C)c2)c([N+](=O)[O-])c1. The van der Waals surface area contributed by atoms with Gasteiger partial charge in [-0.3, -0.25) is 14.9 Å². The van der Waals surface area contributed by atoms with Crippen molar-refractivity contribution < 1.29 is 14.5 Å². The predicted octanol–water partition coefficient (Wildman–Crippen LogP) is 4.40. The molecule has 0 heterocycles. The first kappa shape index (κ1) is 18.8. The molecule has 2 rings (SSSR count). The Morgan fingerprint density at radius 2 is 1.92 bits per heavy atom. The lowest BCUT2D eigenvalue weighted by atomic mass is 10.1. The number of nitro benzene ring substituents is 1. The normalized spacial score (nSPS) is 10.4. The molecule has 0 aliphatic rings. The minimum atomic E-state index is -0.481. The number of carbonyl (C=O) groups is 1. The van der Waals surface area contributed by atoms with Crippen LogP contribution in [0.5, 0.6) is 5.75 Å². The number of hydrogen-bond acceptors (Lipinski definition) is 5. The molecule has 2 aromatic carbocycles. The third-order valence-electron chi connectivity index (χ3n) is 3.63. The third-order valence-corrected chi connectivity index (χ3v) is 4.53. The fourth-order valence-electron chi connectivity index (χ4n) is 2.12. The van der Waals surface area contributed by atoms with Gasteiger partial charge in [0, 0.05) is 6.07 Å². The highest BCUT2D eigenvalue weighted by molar-refractivity contribution is 8.13. The number of nitro groups is 1. The number of rotatable bonds is 6. The summed E-state index contributed by atoms with van der Waals surface area (Å²) in [4.78, 5) is 22.9. The van der Waals surface area contributed by atoms with Crippen LogP contribution in [0.15, 0.2) is 41.3 Å². The van der Waals surface area contributed by atoms with Gasteiger partial charge in [-0.25, -0.2) is 0 Å². The Hall–Kier alpha value is -2.54. The second-order valence-corrected chi connectivity index (χ2v) is 6.65. The number of hydrogen-bond donors (Lipinski definition) is 1. The summed E-state index contributed by atoms with van der Waals surface area (Å²) in [5.41, 5.74) is 3.05. The molecule has 0 radical (unpaired) electrons. The molecule has 0 aliphatic heterocycles. The first-order valence-corrected chi connectivity index (χ1v) is 8.59. The number of carbonyl (C=O) groups excluding carboxylic acids is 1. The highest BCUT2D eigenvalue weighted by Gasteiger charge is 2.17. The molecule has 2 aromatic rings. The van der Waals surface area contributed by atoms with Gasteiger partial charge >= 0.3 is 0 Å². The Morgan fingerprint density at radius 3 is 2.60 bits per heavy atom. The molecule has 0 saturated carbocycles. The highest BCUT2D eigenvalue weighted by Crippen LogP contribution is 2.30. The van der Waals surface area contributed by atoms with E-state index in [2.05, 4.69) is 5.32 Å². The molecule has 1 N–H and O–H groups in total. The summed E-state index contributed by atoms with van der Waals surface area (Å²) in [6, 6.07) is 10.6. The van der Waals surface area contributed by atoms with Crippen molar-refractivity contribution >= 4 is 22.7 Å². The smallest absolute Gasteiger partial charge is 0.284 e. The summed E-state index contributed by atoms with van der Waals surface area (Å²) in [5, 5.41) is 13.4. The molecule has 0 fully saturated rings. The molecule has 0 saturated heterocycles. The van der Waals surface area contributed by atoms with Crippen LogP contribution in [0.2, 0.25) is 0 Å². The van der Waals surface area contributed by atoms with Crippen molar-refractivity contribution in [1.29, 1.82) is 0 Å². The summed E-state index contributed by atoms with van der Waals surface area (Å²) in [6.45, 7) is 6.45. The monoisotopic (exact) mass is 360 g/mol. The summed E-state index contributed by atoms with van der Waals surface area (Å²) < 4.78 is 5.59. The topological polar surface area (TPSA) is 81.5 Å². The minimum absolute atomic E-state index is 0.0634. The molecular weight excluding hydrogens is 340 g/mol. The van der Waals surface area contributed by atoms with Gasteiger partial charge in [-0.05, 0) is 67.4 Å². The molecule has 0 unspecified atom stereocenters. The van der Waals surface area contributed by atoms with Crippen LogP contribution in [0.3, 0.4) is 0 Å². The molecule has 1 amide bonds. The zero-order chi connectivity index (χ0) is 18.4.